The summed E-state index contributed by atoms with van der Waals surface area (Å²) in [4.78, 5) is 73.0. The van der Waals surface area contributed by atoms with E-state index in [9.17, 15) is 40.6 Å². The Morgan fingerprint density at radius 3 is 2.15 bits per heavy atom. The van der Waals surface area contributed by atoms with Gasteiger partial charge in [0.2, 0.25) is 27.0 Å². The van der Waals surface area contributed by atoms with Crippen LogP contribution in [0.2, 0.25) is 0 Å². The Bertz CT molecular complexity index is 3030. The van der Waals surface area contributed by atoms with Crippen molar-refractivity contribution in [3.05, 3.63) is 142 Å². The van der Waals surface area contributed by atoms with Crippen LogP contribution in [0.5, 0.6) is 0 Å². The summed E-state index contributed by atoms with van der Waals surface area (Å²) in [5, 5.41) is 15.0. The van der Waals surface area contributed by atoms with Crippen molar-refractivity contribution < 1.29 is 50.1 Å². The van der Waals surface area contributed by atoms with Crippen molar-refractivity contribution in [1.29, 1.82) is 0 Å². The first-order valence-corrected chi connectivity index (χ1v) is 25.7. The molecule has 2 fully saturated rings. The molecule has 4 atom stereocenters. The standard InChI is InChI=1S/C43H42N10O11S4/c1-24-14-19-31(68(61,62)63)29(22-24)32-38(55)53-34(40(56)64-35(26-10-6-4-7-11-26)27-12-8-5-9-13-27)30(23-65-42-47-48-49-50(42)2)37(66-39(32)53)46-36(54)33(25-15-17-28(44)18-16-25)45-41(57)51-20-21-52(43(51)58)67(3,59)60/h4-19,22,32-33,35,37,39H,20-21,23,44H2,1-3H3,(H,45,57)(H,46,54)(H,61,62,63)/t32-,33?,37?,39+/m1/s1. The molecule has 0 spiro atoms. The lowest BCUT2D eigenvalue weighted by Gasteiger charge is -2.52. The zero-order chi connectivity index (χ0) is 48.7. The third kappa shape index (κ3) is 9.64. The summed E-state index contributed by atoms with van der Waals surface area (Å²) in [6.07, 6.45) is -0.192. The van der Waals surface area contributed by atoms with E-state index >= 15 is 4.79 Å². The number of β-lactam (4-membered cyclic amide) rings is 1. The van der Waals surface area contributed by atoms with Crippen molar-refractivity contribution in [3.63, 3.8) is 0 Å². The number of sulfonamides is 1. The number of thioether (sulfide) groups is 2. The van der Waals surface area contributed by atoms with E-state index in [4.69, 9.17) is 10.5 Å². The number of nitrogens with two attached hydrogens (primary N) is 1. The molecule has 4 aromatic carbocycles. The van der Waals surface area contributed by atoms with E-state index in [1.165, 1.54) is 52.0 Å². The van der Waals surface area contributed by atoms with Crippen LogP contribution in [0.25, 0.3) is 0 Å². The zero-order valence-corrected chi connectivity index (χ0v) is 39.5. The Labute approximate surface area is 398 Å². The molecule has 4 heterocycles. The summed E-state index contributed by atoms with van der Waals surface area (Å²) in [6, 6.07) is 23.8. The lowest BCUT2D eigenvalue weighted by atomic mass is 9.87. The Kier molecular flexibility index (Phi) is 13.4. The number of imide groups is 1. The maximum atomic E-state index is 15.2. The molecule has 2 unspecified atom stereocenters. The van der Waals surface area contributed by atoms with E-state index in [0.29, 0.717) is 31.6 Å². The molecule has 6 amide bonds. The summed E-state index contributed by atoms with van der Waals surface area (Å²) < 4.78 is 68.8. The summed E-state index contributed by atoms with van der Waals surface area (Å²) in [5.41, 5.74) is 8.00. The minimum atomic E-state index is -4.89. The van der Waals surface area contributed by atoms with E-state index < -0.39 is 83.7 Å². The number of urea groups is 2. The Morgan fingerprint density at radius 2 is 1.57 bits per heavy atom. The first-order chi connectivity index (χ1) is 32.3. The number of aromatic nitrogens is 4. The van der Waals surface area contributed by atoms with Crippen molar-refractivity contribution in [3.8, 4) is 0 Å². The molecule has 0 radical (unpaired) electrons. The normalized spacial score (nSPS) is 18.8. The summed E-state index contributed by atoms with van der Waals surface area (Å²) >= 11 is 2.03. The van der Waals surface area contributed by atoms with Crippen LogP contribution >= 0.6 is 23.5 Å². The fourth-order valence-electron chi connectivity index (χ4n) is 7.92. The lowest BCUT2D eigenvalue weighted by molar-refractivity contribution is -0.153. The lowest BCUT2D eigenvalue weighted by Crippen LogP contribution is -2.63. The minimum Gasteiger partial charge on any atom is -0.448 e. The number of tetrazole rings is 1. The molecule has 25 heteroatoms. The molecule has 8 rings (SSSR count). The molecule has 5 aromatic rings. The minimum absolute atomic E-state index is 0.0519. The molecule has 21 nitrogen and oxygen atoms in total. The molecule has 3 aliphatic rings. The number of rotatable bonds is 14. The van der Waals surface area contributed by atoms with Crippen molar-refractivity contribution in [2.75, 3.05) is 30.8 Å². The maximum Gasteiger partial charge on any atom is 0.356 e. The molecule has 68 heavy (non-hydrogen) atoms. The van der Waals surface area contributed by atoms with E-state index in [2.05, 4.69) is 26.2 Å². The highest BCUT2D eigenvalue weighted by Crippen LogP contribution is 2.53. The van der Waals surface area contributed by atoms with Crippen molar-refractivity contribution in [2.24, 2.45) is 7.05 Å². The highest BCUT2D eigenvalue weighted by atomic mass is 32.2. The maximum absolute atomic E-state index is 15.2. The highest BCUT2D eigenvalue weighted by Gasteiger charge is 2.58. The number of aryl methyl sites for hydroxylation is 2. The summed E-state index contributed by atoms with van der Waals surface area (Å²) in [5.74, 6) is -4.03. The number of ether oxygens (including phenoxy) is 1. The fourth-order valence-corrected chi connectivity index (χ4v) is 12.0. The largest absolute Gasteiger partial charge is 0.448 e. The number of amides is 6. The first-order valence-electron chi connectivity index (χ1n) is 20.5. The van der Waals surface area contributed by atoms with Gasteiger partial charge in [0.05, 0.1) is 30.2 Å². The molecule has 2 saturated heterocycles. The monoisotopic (exact) mass is 1000 g/mol. The number of nitrogen functional groups attached to an aromatic ring is 1. The molecule has 3 aliphatic heterocycles. The van der Waals surface area contributed by atoms with Crippen molar-refractivity contribution >= 4 is 79.2 Å². The number of esters is 1. The Balaban J connectivity index is 1.24. The van der Waals surface area contributed by atoms with Crippen LogP contribution in [0.4, 0.5) is 15.3 Å². The van der Waals surface area contributed by atoms with E-state index in [1.54, 1.807) is 74.6 Å². The van der Waals surface area contributed by atoms with Gasteiger partial charge in [-0.2, -0.15) is 8.42 Å². The summed E-state index contributed by atoms with van der Waals surface area (Å²) in [7, 11) is -7.34. The van der Waals surface area contributed by atoms with E-state index in [0.717, 1.165) is 29.8 Å². The Morgan fingerprint density at radius 1 is 0.926 bits per heavy atom. The highest BCUT2D eigenvalue weighted by molar-refractivity contribution is 8.01. The number of nitrogens with one attached hydrogen (secondary N) is 2. The van der Waals surface area contributed by atoms with Gasteiger partial charge in [-0.3, -0.25) is 19.0 Å². The van der Waals surface area contributed by atoms with Crippen molar-refractivity contribution in [1.82, 2.24) is 44.9 Å². The van der Waals surface area contributed by atoms with Gasteiger partial charge in [-0.1, -0.05) is 102 Å². The van der Waals surface area contributed by atoms with Gasteiger partial charge >= 0.3 is 18.0 Å². The number of carbonyl (C=O) groups is 5. The van der Waals surface area contributed by atoms with Crippen LogP contribution in [0.3, 0.4) is 0 Å². The average molecular weight is 1000 g/mol. The number of hydrogen-bond acceptors (Lipinski definition) is 16. The van der Waals surface area contributed by atoms with Gasteiger partial charge in [-0.25, -0.2) is 36.7 Å². The van der Waals surface area contributed by atoms with Gasteiger partial charge in [0.15, 0.2) is 6.10 Å². The SMILES string of the molecule is Cc1ccc(S(=O)(=O)O)c([C@@H]2C(=O)N3C(C(=O)OC(c4ccccc4)c4ccccc4)=C(CSc4nnnn4C)C(NC(=O)C(NC(=O)N4CCN(S(C)(=O)=O)C4=O)c4ccc(N)cc4)S[C@@H]23)c1. The molecule has 354 valence electrons. The predicted molar refractivity (Wildman–Crippen MR) is 247 cm³/mol. The van der Waals surface area contributed by atoms with E-state index in [-0.39, 0.29) is 46.4 Å². The average Bonchev–Trinajstić information content (AvgIpc) is 3.91. The number of benzene rings is 4. The van der Waals surface area contributed by atoms with Gasteiger partial charge < -0.3 is 21.1 Å². The second-order valence-corrected chi connectivity index (χ2v) is 21.3. The first kappa shape index (κ1) is 47.7. The van der Waals surface area contributed by atoms with Gasteiger partial charge in [0, 0.05) is 24.1 Å². The quantitative estimate of drug-likeness (QED) is 0.0408. The van der Waals surface area contributed by atoms with Crippen LogP contribution < -0.4 is 16.4 Å². The molecule has 5 N–H and O–H groups in total. The number of fused-ring (bicyclic) bond motifs is 1. The number of carbonyl (C=O) groups excluding carboxylic acids is 5. The predicted octanol–water partition coefficient (Wildman–Crippen LogP) is 3.32. The van der Waals surface area contributed by atoms with E-state index in [1.807, 2.05) is 0 Å². The molecule has 0 bridgehead atoms. The summed E-state index contributed by atoms with van der Waals surface area (Å²) in [6.45, 7) is 1.03. The Hall–Kier alpha value is -6.80. The van der Waals surface area contributed by atoms with Crippen LogP contribution in [-0.4, -0.2) is 121 Å². The molecular weight excluding hydrogens is 961 g/mol. The van der Waals surface area contributed by atoms with Gasteiger partial charge in [-0.15, -0.1) is 16.9 Å². The van der Waals surface area contributed by atoms with Crippen LogP contribution in [0.15, 0.2) is 124 Å². The topological polar surface area (TPSA) is 286 Å². The zero-order valence-electron chi connectivity index (χ0n) is 36.2. The number of nitrogens with zero attached hydrogens (tertiary/aromatic N) is 7. The number of anilines is 1. The molecule has 1 aromatic heterocycles. The third-order valence-electron chi connectivity index (χ3n) is 11.2. The molecule has 0 aliphatic carbocycles. The molecular formula is C43H42N10O11S4. The van der Waals surface area contributed by atoms with Crippen LogP contribution in [0, 0.1) is 6.92 Å². The van der Waals surface area contributed by atoms with Gasteiger partial charge in [-0.05, 0) is 57.8 Å². The fraction of sp³-hybridized carbons (Fsp3) is 0.256. The second-order valence-electron chi connectivity index (χ2n) is 15.8. The van der Waals surface area contributed by atoms with Crippen molar-refractivity contribution in [2.45, 2.75) is 45.8 Å². The number of hydrogen-bond donors (Lipinski definition) is 4. The third-order valence-corrected chi connectivity index (χ3v) is 15.8. The molecule has 0 saturated carbocycles. The second kappa shape index (κ2) is 19.1. The van der Waals surface area contributed by atoms with Crippen LogP contribution in [-0.2, 0) is 46.3 Å². The van der Waals surface area contributed by atoms with Gasteiger partial charge in [0.25, 0.3) is 10.1 Å². The van der Waals surface area contributed by atoms with Gasteiger partial charge in [0.1, 0.15) is 22.5 Å². The van der Waals surface area contributed by atoms with Crippen LogP contribution in [0.1, 0.15) is 45.9 Å². The smallest absolute Gasteiger partial charge is 0.356 e.